The van der Waals surface area contributed by atoms with Crippen LogP contribution in [0.2, 0.25) is 0 Å². The molecule has 0 saturated carbocycles. The number of carbonyl (C=O) groups excluding carboxylic acids is 1. The number of nitrogens with zero attached hydrogens (tertiary/aromatic N) is 2. The van der Waals surface area contributed by atoms with Crippen LogP contribution in [-0.4, -0.2) is 46.5 Å². The highest BCUT2D eigenvalue weighted by Crippen LogP contribution is 2.27. The van der Waals surface area contributed by atoms with Gasteiger partial charge in [-0.15, -0.1) is 0 Å². The van der Waals surface area contributed by atoms with Gasteiger partial charge >= 0.3 is 0 Å². The van der Waals surface area contributed by atoms with E-state index in [1.54, 1.807) is 30.3 Å². The fourth-order valence-corrected chi connectivity index (χ4v) is 4.89. The topological polar surface area (TPSA) is 66.9 Å². The SMILES string of the molecule is COc1ccc(S(=O)(=O)N(C)c2ccc(C(=O)N3CCCCCC3)cc2C)cc1. The zero-order valence-electron chi connectivity index (χ0n) is 17.2. The molecule has 7 heteroatoms. The minimum absolute atomic E-state index is 0.0159. The summed E-state index contributed by atoms with van der Waals surface area (Å²) in [5.74, 6) is 0.612. The summed E-state index contributed by atoms with van der Waals surface area (Å²) in [6, 6.07) is 11.5. The van der Waals surface area contributed by atoms with Crippen LogP contribution < -0.4 is 9.04 Å². The number of hydrogen-bond acceptors (Lipinski definition) is 4. The lowest BCUT2D eigenvalue weighted by Gasteiger charge is -2.24. The largest absolute Gasteiger partial charge is 0.497 e. The summed E-state index contributed by atoms with van der Waals surface area (Å²) in [6.07, 6.45) is 4.39. The first-order valence-corrected chi connectivity index (χ1v) is 11.3. The minimum atomic E-state index is -3.72. The van der Waals surface area contributed by atoms with Gasteiger partial charge in [-0.2, -0.15) is 0 Å². The predicted molar refractivity (Wildman–Crippen MR) is 114 cm³/mol. The molecule has 2 aromatic carbocycles. The molecule has 1 fully saturated rings. The Labute approximate surface area is 173 Å². The molecule has 0 unspecified atom stereocenters. The van der Waals surface area contributed by atoms with Crippen molar-refractivity contribution in [2.24, 2.45) is 0 Å². The number of likely N-dealkylation sites (tertiary alicyclic amines) is 1. The lowest BCUT2D eigenvalue weighted by molar-refractivity contribution is 0.0761. The van der Waals surface area contributed by atoms with E-state index in [1.165, 1.54) is 30.6 Å². The molecule has 1 aliphatic heterocycles. The van der Waals surface area contributed by atoms with Crippen molar-refractivity contribution in [2.75, 3.05) is 31.6 Å². The molecule has 0 N–H and O–H groups in total. The normalized spacial score (nSPS) is 14.9. The van der Waals surface area contributed by atoms with Crippen LogP contribution in [0.5, 0.6) is 5.75 Å². The highest BCUT2D eigenvalue weighted by atomic mass is 32.2. The van der Waals surface area contributed by atoms with E-state index in [-0.39, 0.29) is 10.8 Å². The molecule has 0 radical (unpaired) electrons. The Hall–Kier alpha value is -2.54. The lowest BCUT2D eigenvalue weighted by Crippen LogP contribution is -2.32. The first-order chi connectivity index (χ1) is 13.8. The van der Waals surface area contributed by atoms with Crippen LogP contribution in [0.25, 0.3) is 0 Å². The third-order valence-electron chi connectivity index (χ3n) is 5.39. The van der Waals surface area contributed by atoms with E-state index in [1.807, 2.05) is 11.8 Å². The molecule has 1 saturated heterocycles. The van der Waals surface area contributed by atoms with Crippen LogP contribution in [0, 0.1) is 6.92 Å². The molecule has 0 bridgehead atoms. The summed E-state index contributed by atoms with van der Waals surface area (Å²) in [4.78, 5) is 14.9. The summed E-state index contributed by atoms with van der Waals surface area (Å²) < 4.78 is 32.3. The molecule has 0 aliphatic carbocycles. The van der Waals surface area contributed by atoms with Gasteiger partial charge in [-0.1, -0.05) is 12.8 Å². The quantitative estimate of drug-likeness (QED) is 0.743. The Morgan fingerprint density at radius 2 is 1.62 bits per heavy atom. The van der Waals surface area contributed by atoms with Crippen LogP contribution in [0.15, 0.2) is 47.4 Å². The number of carbonyl (C=O) groups is 1. The number of rotatable bonds is 5. The van der Waals surface area contributed by atoms with E-state index in [9.17, 15) is 13.2 Å². The number of anilines is 1. The monoisotopic (exact) mass is 416 g/mol. The van der Waals surface area contributed by atoms with Gasteiger partial charge in [0.2, 0.25) is 0 Å². The van der Waals surface area contributed by atoms with Crippen molar-refractivity contribution in [1.82, 2.24) is 4.90 Å². The van der Waals surface area contributed by atoms with E-state index in [4.69, 9.17) is 4.74 Å². The molecule has 156 valence electrons. The van der Waals surface area contributed by atoms with Crippen molar-refractivity contribution < 1.29 is 17.9 Å². The van der Waals surface area contributed by atoms with Crippen LogP contribution in [0.3, 0.4) is 0 Å². The average molecular weight is 417 g/mol. The Morgan fingerprint density at radius 3 is 2.17 bits per heavy atom. The van der Waals surface area contributed by atoms with Gasteiger partial charge in [-0.05, 0) is 67.8 Å². The van der Waals surface area contributed by atoms with Crippen LogP contribution >= 0.6 is 0 Å². The van der Waals surface area contributed by atoms with Crippen LogP contribution in [0.4, 0.5) is 5.69 Å². The van der Waals surface area contributed by atoms with Crippen LogP contribution in [0.1, 0.15) is 41.6 Å². The zero-order valence-corrected chi connectivity index (χ0v) is 18.0. The molecule has 2 aromatic rings. The third kappa shape index (κ3) is 4.56. The molecule has 1 amide bonds. The van der Waals surface area contributed by atoms with Gasteiger partial charge < -0.3 is 9.64 Å². The molecule has 29 heavy (non-hydrogen) atoms. The van der Waals surface area contributed by atoms with Gasteiger partial charge in [0, 0.05) is 25.7 Å². The Balaban J connectivity index is 1.84. The Morgan fingerprint density at radius 1 is 1.00 bits per heavy atom. The molecular weight excluding hydrogens is 388 g/mol. The molecule has 1 aliphatic rings. The fraction of sp³-hybridized carbons (Fsp3) is 0.409. The summed E-state index contributed by atoms with van der Waals surface area (Å²) >= 11 is 0. The predicted octanol–water partition coefficient (Wildman–Crippen LogP) is 3.84. The summed E-state index contributed by atoms with van der Waals surface area (Å²) in [5.41, 5.74) is 1.89. The van der Waals surface area contributed by atoms with Gasteiger partial charge in [0.05, 0.1) is 17.7 Å². The molecule has 6 nitrogen and oxygen atoms in total. The molecule has 1 heterocycles. The zero-order chi connectivity index (χ0) is 21.0. The standard InChI is InChI=1S/C22H28N2O4S/c1-17-16-18(22(25)24-14-6-4-5-7-15-24)8-13-21(17)23(2)29(26,27)20-11-9-19(28-3)10-12-20/h8-13,16H,4-7,14-15H2,1-3H3. The second-order valence-electron chi connectivity index (χ2n) is 7.36. The summed E-state index contributed by atoms with van der Waals surface area (Å²) in [5, 5.41) is 0. The maximum atomic E-state index is 13.0. The van der Waals surface area contributed by atoms with E-state index < -0.39 is 10.0 Å². The minimum Gasteiger partial charge on any atom is -0.497 e. The molecule has 3 rings (SSSR count). The van der Waals surface area contributed by atoms with Crippen molar-refractivity contribution in [2.45, 2.75) is 37.5 Å². The fourth-order valence-electron chi connectivity index (χ4n) is 3.63. The maximum Gasteiger partial charge on any atom is 0.264 e. The van der Waals surface area contributed by atoms with E-state index in [0.717, 1.165) is 44.3 Å². The average Bonchev–Trinajstić information content (AvgIpc) is 3.02. The highest BCUT2D eigenvalue weighted by Gasteiger charge is 2.24. The Bertz CT molecular complexity index is 963. The Kier molecular flexibility index (Phi) is 6.47. The summed E-state index contributed by atoms with van der Waals surface area (Å²) in [6.45, 7) is 3.39. The number of amides is 1. The second kappa shape index (κ2) is 8.86. The third-order valence-corrected chi connectivity index (χ3v) is 7.18. The van der Waals surface area contributed by atoms with E-state index in [2.05, 4.69) is 0 Å². The highest BCUT2D eigenvalue weighted by molar-refractivity contribution is 7.92. The maximum absolute atomic E-state index is 13.0. The lowest BCUT2D eigenvalue weighted by atomic mass is 10.1. The van der Waals surface area contributed by atoms with Crippen molar-refractivity contribution in [1.29, 1.82) is 0 Å². The molecular formula is C22H28N2O4S. The van der Waals surface area contributed by atoms with Crippen molar-refractivity contribution in [3.05, 3.63) is 53.6 Å². The molecule has 0 spiro atoms. The van der Waals surface area contributed by atoms with Gasteiger partial charge in [-0.3, -0.25) is 9.10 Å². The van der Waals surface area contributed by atoms with Gasteiger partial charge in [0.25, 0.3) is 15.9 Å². The van der Waals surface area contributed by atoms with Crippen molar-refractivity contribution in [3.8, 4) is 5.75 Å². The number of hydrogen-bond donors (Lipinski definition) is 0. The number of benzene rings is 2. The molecule has 0 atom stereocenters. The van der Waals surface area contributed by atoms with Crippen molar-refractivity contribution >= 4 is 21.6 Å². The van der Waals surface area contributed by atoms with Gasteiger partial charge in [0.15, 0.2) is 0 Å². The smallest absolute Gasteiger partial charge is 0.264 e. The summed E-state index contributed by atoms with van der Waals surface area (Å²) in [7, 11) is -0.654. The van der Waals surface area contributed by atoms with E-state index >= 15 is 0 Å². The number of ether oxygens (including phenoxy) is 1. The van der Waals surface area contributed by atoms with Gasteiger partial charge in [-0.25, -0.2) is 8.42 Å². The van der Waals surface area contributed by atoms with Crippen LogP contribution in [-0.2, 0) is 10.0 Å². The van der Waals surface area contributed by atoms with Gasteiger partial charge in [0.1, 0.15) is 5.75 Å². The number of sulfonamides is 1. The molecule has 0 aromatic heterocycles. The number of aryl methyl sites for hydroxylation is 1. The van der Waals surface area contributed by atoms with E-state index in [0.29, 0.717) is 17.0 Å². The van der Waals surface area contributed by atoms with Crippen molar-refractivity contribution in [3.63, 3.8) is 0 Å². The number of methoxy groups -OCH3 is 1. The first kappa shape index (κ1) is 21.2. The second-order valence-corrected chi connectivity index (χ2v) is 9.33. The first-order valence-electron chi connectivity index (χ1n) is 9.87.